The van der Waals surface area contributed by atoms with Crippen LogP contribution in [0.25, 0.3) is 0 Å². The lowest BCUT2D eigenvalue weighted by molar-refractivity contribution is 0.0651. The molecule has 1 atom stereocenters. The summed E-state index contributed by atoms with van der Waals surface area (Å²) in [5.74, 6) is -2.46. The molecule has 3 N–H and O–H groups in total. The molecule has 22 heavy (non-hydrogen) atoms. The molecule has 0 bridgehead atoms. The Kier molecular flexibility index (Phi) is 10.7. The molecule has 0 saturated carbocycles. The Morgan fingerprint density at radius 3 is 1.77 bits per heavy atom. The molecule has 0 aliphatic heterocycles. The molecule has 0 amide bonds. The zero-order valence-corrected chi connectivity index (χ0v) is 13.3. The number of rotatable bonds is 8. The summed E-state index contributed by atoms with van der Waals surface area (Å²) in [5, 5.41) is 26.0. The molecular weight excluding hydrogens is 284 g/mol. The van der Waals surface area contributed by atoms with Gasteiger partial charge in [0, 0.05) is 0 Å². The van der Waals surface area contributed by atoms with Crippen molar-refractivity contribution in [1.82, 2.24) is 0 Å². The van der Waals surface area contributed by atoms with Crippen molar-refractivity contribution in [2.45, 2.75) is 58.5 Å². The quantitative estimate of drug-likeness (QED) is 0.635. The first-order valence-electron chi connectivity index (χ1n) is 7.63. The first kappa shape index (κ1) is 20.1. The lowest BCUT2D eigenvalue weighted by Crippen LogP contribution is -2.06. The van der Waals surface area contributed by atoms with E-state index >= 15 is 0 Å². The van der Waals surface area contributed by atoms with E-state index in [0.717, 1.165) is 6.42 Å². The lowest BCUT2D eigenvalue weighted by Gasteiger charge is -2.02. The molecule has 0 heterocycles. The summed E-state index contributed by atoms with van der Waals surface area (Å²) in [6, 6.07) is 5.48. The number of carbonyl (C=O) groups is 2. The molecule has 1 rings (SSSR count). The monoisotopic (exact) mass is 310 g/mol. The predicted octanol–water partition coefficient (Wildman–Crippen LogP) is 3.81. The second-order valence-electron chi connectivity index (χ2n) is 5.21. The fraction of sp³-hybridized carbons (Fsp3) is 0.529. The van der Waals surface area contributed by atoms with Crippen LogP contribution in [0.3, 0.4) is 0 Å². The largest absolute Gasteiger partial charge is 0.478 e. The second-order valence-corrected chi connectivity index (χ2v) is 5.21. The van der Waals surface area contributed by atoms with Crippen molar-refractivity contribution in [2.75, 3.05) is 0 Å². The van der Waals surface area contributed by atoms with Crippen LogP contribution in [0.4, 0.5) is 0 Å². The van der Waals surface area contributed by atoms with Gasteiger partial charge in [0.05, 0.1) is 17.2 Å². The third-order valence-electron chi connectivity index (χ3n) is 3.11. The lowest BCUT2D eigenvalue weighted by atomic mass is 10.1. The van der Waals surface area contributed by atoms with Crippen molar-refractivity contribution in [1.29, 1.82) is 0 Å². The van der Waals surface area contributed by atoms with Crippen LogP contribution in [-0.2, 0) is 0 Å². The van der Waals surface area contributed by atoms with Crippen LogP contribution >= 0.6 is 0 Å². The molecular formula is C17H26O5. The predicted molar refractivity (Wildman–Crippen MR) is 85.4 cm³/mol. The Bertz CT molecular complexity index is 421. The topological polar surface area (TPSA) is 94.8 Å². The highest BCUT2D eigenvalue weighted by Crippen LogP contribution is 2.08. The van der Waals surface area contributed by atoms with Gasteiger partial charge in [0.25, 0.3) is 0 Å². The van der Waals surface area contributed by atoms with Crippen molar-refractivity contribution >= 4 is 11.9 Å². The summed E-state index contributed by atoms with van der Waals surface area (Å²) in [5.41, 5.74) is -0.380. The Labute approximate surface area is 131 Å². The summed E-state index contributed by atoms with van der Waals surface area (Å²) in [6.45, 7) is 4.08. The molecule has 0 spiro atoms. The average molecular weight is 310 g/mol. The van der Waals surface area contributed by atoms with E-state index < -0.39 is 11.9 Å². The van der Waals surface area contributed by atoms with E-state index in [-0.39, 0.29) is 17.2 Å². The van der Waals surface area contributed by atoms with Crippen molar-refractivity contribution in [3.8, 4) is 0 Å². The molecule has 1 aromatic rings. The number of hydrogen-bond donors (Lipinski definition) is 3. The summed E-state index contributed by atoms with van der Waals surface area (Å²) in [4.78, 5) is 20.9. The number of hydrogen-bond acceptors (Lipinski definition) is 3. The molecule has 0 aliphatic rings. The van der Waals surface area contributed by atoms with Crippen LogP contribution in [0.2, 0.25) is 0 Å². The summed E-state index contributed by atoms with van der Waals surface area (Å²) >= 11 is 0. The molecule has 0 fully saturated rings. The maximum Gasteiger partial charge on any atom is 0.336 e. The molecule has 124 valence electrons. The van der Waals surface area contributed by atoms with Gasteiger partial charge in [0.1, 0.15) is 0 Å². The maximum atomic E-state index is 10.5. The average Bonchev–Trinajstić information content (AvgIpc) is 2.47. The molecule has 0 aromatic heterocycles. The third-order valence-corrected chi connectivity index (χ3v) is 3.11. The van der Waals surface area contributed by atoms with Crippen molar-refractivity contribution in [3.63, 3.8) is 0 Å². The molecule has 1 aromatic carbocycles. The van der Waals surface area contributed by atoms with E-state index in [2.05, 4.69) is 6.92 Å². The first-order chi connectivity index (χ1) is 10.4. The van der Waals surface area contributed by atoms with Gasteiger partial charge in [-0.05, 0) is 25.5 Å². The van der Waals surface area contributed by atoms with E-state index in [1.54, 1.807) is 0 Å². The van der Waals surface area contributed by atoms with Crippen LogP contribution in [0.15, 0.2) is 24.3 Å². The van der Waals surface area contributed by atoms with Crippen LogP contribution in [0.1, 0.15) is 73.1 Å². The van der Waals surface area contributed by atoms with Crippen LogP contribution < -0.4 is 0 Å². The number of aromatic carboxylic acids is 2. The van der Waals surface area contributed by atoms with Crippen LogP contribution in [0, 0.1) is 0 Å². The van der Waals surface area contributed by atoms with E-state index in [1.807, 2.05) is 6.92 Å². The zero-order valence-electron chi connectivity index (χ0n) is 13.3. The Balaban J connectivity index is 0.000000409. The highest BCUT2D eigenvalue weighted by atomic mass is 16.4. The minimum atomic E-state index is -1.23. The minimum Gasteiger partial charge on any atom is -0.478 e. The normalized spacial score (nSPS) is 11.2. The number of carboxylic acid groups (broad SMARTS) is 2. The second kappa shape index (κ2) is 11.7. The first-order valence-corrected chi connectivity index (χ1v) is 7.63. The highest BCUT2D eigenvalue weighted by molar-refractivity contribution is 6.01. The van der Waals surface area contributed by atoms with Gasteiger partial charge in [-0.1, -0.05) is 51.2 Å². The van der Waals surface area contributed by atoms with Gasteiger partial charge in [-0.3, -0.25) is 0 Å². The van der Waals surface area contributed by atoms with Gasteiger partial charge in [0.2, 0.25) is 0 Å². The fourth-order valence-corrected chi connectivity index (χ4v) is 1.90. The van der Waals surface area contributed by atoms with E-state index in [0.29, 0.717) is 0 Å². The SMILES string of the molecule is CCCCCCCC(C)O.O=C(O)c1ccccc1C(=O)O. The fourth-order valence-electron chi connectivity index (χ4n) is 1.90. The highest BCUT2D eigenvalue weighted by Gasteiger charge is 2.13. The molecule has 5 nitrogen and oxygen atoms in total. The summed E-state index contributed by atoms with van der Waals surface area (Å²) in [7, 11) is 0. The van der Waals surface area contributed by atoms with Crippen LogP contribution in [-0.4, -0.2) is 33.4 Å². The van der Waals surface area contributed by atoms with Gasteiger partial charge in [0.15, 0.2) is 0 Å². The third kappa shape index (κ3) is 9.13. The zero-order chi connectivity index (χ0) is 17.0. The molecule has 0 radical (unpaired) electrons. The standard InChI is InChI=1S/C9H20O.C8H6O4/c1-3-4-5-6-7-8-9(2)10;9-7(10)5-3-1-2-4-6(5)8(11)12/h9-10H,3-8H2,1-2H3;1-4H,(H,9,10)(H,11,12). The number of carboxylic acids is 2. The molecule has 0 aliphatic carbocycles. The van der Waals surface area contributed by atoms with E-state index in [9.17, 15) is 9.59 Å². The number of unbranched alkanes of at least 4 members (excludes halogenated alkanes) is 4. The molecule has 5 heteroatoms. The molecule has 0 saturated heterocycles. The maximum absolute atomic E-state index is 10.5. The van der Waals surface area contributed by atoms with Gasteiger partial charge in [-0.25, -0.2) is 9.59 Å². The van der Waals surface area contributed by atoms with Gasteiger partial charge >= 0.3 is 11.9 Å². The van der Waals surface area contributed by atoms with Crippen molar-refractivity contribution < 1.29 is 24.9 Å². The van der Waals surface area contributed by atoms with Crippen molar-refractivity contribution in [3.05, 3.63) is 35.4 Å². The Morgan fingerprint density at radius 2 is 1.41 bits per heavy atom. The van der Waals surface area contributed by atoms with E-state index in [1.165, 1.54) is 56.4 Å². The minimum absolute atomic E-state index is 0.0957. The Morgan fingerprint density at radius 1 is 0.955 bits per heavy atom. The van der Waals surface area contributed by atoms with Gasteiger partial charge < -0.3 is 15.3 Å². The number of benzene rings is 1. The van der Waals surface area contributed by atoms with E-state index in [4.69, 9.17) is 15.3 Å². The van der Waals surface area contributed by atoms with Gasteiger partial charge in [-0.2, -0.15) is 0 Å². The van der Waals surface area contributed by atoms with Crippen molar-refractivity contribution in [2.24, 2.45) is 0 Å². The smallest absolute Gasteiger partial charge is 0.336 e. The summed E-state index contributed by atoms with van der Waals surface area (Å²) in [6.07, 6.45) is 7.35. The molecule has 1 unspecified atom stereocenters. The number of aliphatic hydroxyl groups is 1. The summed E-state index contributed by atoms with van der Waals surface area (Å²) < 4.78 is 0. The Hall–Kier alpha value is -1.88. The van der Waals surface area contributed by atoms with Crippen LogP contribution in [0.5, 0.6) is 0 Å². The number of aliphatic hydroxyl groups excluding tert-OH is 1. The van der Waals surface area contributed by atoms with Gasteiger partial charge in [-0.15, -0.1) is 0 Å².